The van der Waals surface area contributed by atoms with E-state index in [1.807, 2.05) is 36.4 Å². The van der Waals surface area contributed by atoms with Crippen molar-refractivity contribution in [3.8, 4) is 5.75 Å². The van der Waals surface area contributed by atoms with Crippen LogP contribution in [0.25, 0.3) is 11.0 Å². The van der Waals surface area contributed by atoms with Gasteiger partial charge in [0, 0.05) is 6.54 Å². The van der Waals surface area contributed by atoms with E-state index in [1.165, 1.54) is 5.56 Å². The number of aromatic nitrogens is 2. The van der Waals surface area contributed by atoms with Crippen LogP contribution >= 0.6 is 0 Å². The maximum atomic E-state index is 5.23. The second-order valence-corrected chi connectivity index (χ2v) is 5.88. The molecule has 0 aliphatic rings. The van der Waals surface area contributed by atoms with Crippen molar-refractivity contribution in [2.45, 2.75) is 6.04 Å². The first-order valence-corrected chi connectivity index (χ1v) is 7.93. The maximum absolute atomic E-state index is 5.23. The van der Waals surface area contributed by atoms with E-state index in [-0.39, 0.29) is 6.04 Å². The second kappa shape index (κ2) is 7.27. The van der Waals surface area contributed by atoms with Gasteiger partial charge in [-0.3, -0.25) is 4.98 Å². The monoisotopic (exact) mass is 322 g/mol. The molecule has 0 spiro atoms. The van der Waals surface area contributed by atoms with Crippen LogP contribution in [0.5, 0.6) is 5.75 Å². The molecule has 0 unspecified atom stereocenters. The fraction of sp³-hybridized carbons (Fsp3) is 0.263. The Morgan fingerprint density at radius 1 is 1.04 bits per heavy atom. The molecule has 5 heteroatoms. The zero-order valence-corrected chi connectivity index (χ0v) is 14.2. The number of ether oxygens (including phenoxy) is 1. The van der Waals surface area contributed by atoms with Gasteiger partial charge in [-0.15, -0.1) is 0 Å². The molecule has 0 bridgehead atoms. The van der Waals surface area contributed by atoms with Gasteiger partial charge in [0.25, 0.3) is 0 Å². The van der Waals surface area contributed by atoms with Crippen LogP contribution in [0.4, 0.5) is 5.82 Å². The second-order valence-electron chi connectivity index (χ2n) is 5.88. The van der Waals surface area contributed by atoms with Crippen molar-refractivity contribution in [3.05, 3.63) is 60.3 Å². The van der Waals surface area contributed by atoms with Crippen LogP contribution in [-0.4, -0.2) is 42.6 Å². The summed E-state index contributed by atoms with van der Waals surface area (Å²) in [7, 11) is 5.82. The molecule has 1 heterocycles. The van der Waals surface area contributed by atoms with Crippen molar-refractivity contribution in [1.82, 2.24) is 14.9 Å². The lowest BCUT2D eigenvalue weighted by atomic mass is 10.1. The number of para-hydroxylation sites is 2. The molecule has 1 N–H and O–H groups in total. The molecule has 0 amide bonds. The molecule has 3 rings (SSSR count). The van der Waals surface area contributed by atoms with E-state index in [4.69, 9.17) is 4.74 Å². The molecular formula is C19H22N4O. The summed E-state index contributed by atoms with van der Waals surface area (Å²) in [5.41, 5.74) is 3.03. The van der Waals surface area contributed by atoms with E-state index in [1.54, 1.807) is 13.3 Å². The van der Waals surface area contributed by atoms with Gasteiger partial charge in [0.2, 0.25) is 0 Å². The van der Waals surface area contributed by atoms with Crippen LogP contribution in [0.3, 0.4) is 0 Å². The van der Waals surface area contributed by atoms with Crippen molar-refractivity contribution in [2.75, 3.05) is 33.1 Å². The van der Waals surface area contributed by atoms with E-state index in [0.29, 0.717) is 0 Å². The van der Waals surface area contributed by atoms with Gasteiger partial charge >= 0.3 is 0 Å². The lowest BCUT2D eigenvalue weighted by Crippen LogP contribution is -2.27. The summed E-state index contributed by atoms with van der Waals surface area (Å²) in [5.74, 6) is 1.65. The third-order valence-electron chi connectivity index (χ3n) is 4.05. The van der Waals surface area contributed by atoms with Gasteiger partial charge in [-0.1, -0.05) is 24.3 Å². The zero-order valence-electron chi connectivity index (χ0n) is 14.2. The van der Waals surface area contributed by atoms with Crippen LogP contribution in [0.2, 0.25) is 0 Å². The summed E-state index contributed by atoms with van der Waals surface area (Å²) < 4.78 is 5.23. The number of nitrogens with one attached hydrogen (secondary N) is 1. The summed E-state index contributed by atoms with van der Waals surface area (Å²) in [4.78, 5) is 11.2. The number of rotatable bonds is 6. The van der Waals surface area contributed by atoms with Crippen molar-refractivity contribution >= 4 is 16.9 Å². The molecular weight excluding hydrogens is 300 g/mol. The number of likely N-dealkylation sites (N-methyl/N-ethyl adjacent to an activating group) is 1. The Hall–Kier alpha value is -2.66. The molecule has 0 saturated heterocycles. The minimum atomic E-state index is 0.226. The first-order valence-electron chi connectivity index (χ1n) is 7.93. The molecule has 0 saturated carbocycles. The average Bonchev–Trinajstić information content (AvgIpc) is 2.62. The summed E-state index contributed by atoms with van der Waals surface area (Å²) in [6.07, 6.45) is 1.78. The van der Waals surface area contributed by atoms with Crippen molar-refractivity contribution in [1.29, 1.82) is 0 Å². The molecule has 3 aromatic rings. The van der Waals surface area contributed by atoms with Gasteiger partial charge in [0.1, 0.15) is 11.6 Å². The van der Waals surface area contributed by atoms with E-state index >= 15 is 0 Å². The summed E-state index contributed by atoms with van der Waals surface area (Å²) in [6, 6.07) is 16.3. The normalized spacial score (nSPS) is 12.3. The highest BCUT2D eigenvalue weighted by Gasteiger charge is 2.14. The number of methoxy groups -OCH3 is 1. The Kier molecular flexibility index (Phi) is 4.91. The Labute approximate surface area is 142 Å². The Morgan fingerprint density at radius 3 is 2.42 bits per heavy atom. The first-order chi connectivity index (χ1) is 11.7. The molecule has 1 atom stereocenters. The molecule has 124 valence electrons. The highest BCUT2D eigenvalue weighted by atomic mass is 16.5. The Morgan fingerprint density at radius 2 is 1.75 bits per heavy atom. The van der Waals surface area contributed by atoms with Crippen LogP contribution in [0.15, 0.2) is 54.7 Å². The van der Waals surface area contributed by atoms with Crippen molar-refractivity contribution in [2.24, 2.45) is 0 Å². The summed E-state index contributed by atoms with van der Waals surface area (Å²) >= 11 is 0. The van der Waals surface area contributed by atoms with Crippen molar-refractivity contribution < 1.29 is 4.74 Å². The molecule has 0 aliphatic heterocycles. The maximum Gasteiger partial charge on any atom is 0.145 e. The molecule has 24 heavy (non-hydrogen) atoms. The van der Waals surface area contributed by atoms with E-state index < -0.39 is 0 Å². The highest BCUT2D eigenvalue weighted by Crippen LogP contribution is 2.22. The smallest absolute Gasteiger partial charge is 0.145 e. The minimum Gasteiger partial charge on any atom is -0.497 e. The largest absolute Gasteiger partial charge is 0.497 e. The Balaban J connectivity index is 1.75. The average molecular weight is 322 g/mol. The van der Waals surface area contributed by atoms with Crippen LogP contribution in [0.1, 0.15) is 11.6 Å². The van der Waals surface area contributed by atoms with Crippen LogP contribution in [-0.2, 0) is 0 Å². The topological polar surface area (TPSA) is 50.3 Å². The molecule has 0 fully saturated rings. The predicted molar refractivity (Wildman–Crippen MR) is 97.4 cm³/mol. The molecule has 2 aromatic carbocycles. The van der Waals surface area contributed by atoms with Gasteiger partial charge in [-0.25, -0.2) is 4.98 Å². The zero-order chi connectivity index (χ0) is 16.9. The van der Waals surface area contributed by atoms with Gasteiger partial charge in [0.15, 0.2) is 0 Å². The number of hydrogen-bond donors (Lipinski definition) is 1. The SMILES string of the molecule is COc1ccc([C@@H](CNc2cnc3ccccc3n2)N(C)C)cc1. The first kappa shape index (κ1) is 16.2. The van der Waals surface area contributed by atoms with E-state index in [9.17, 15) is 0 Å². The quantitative estimate of drug-likeness (QED) is 0.754. The molecule has 0 radical (unpaired) electrons. The van der Waals surface area contributed by atoms with E-state index in [2.05, 4.69) is 46.4 Å². The summed E-state index contributed by atoms with van der Waals surface area (Å²) in [6.45, 7) is 0.742. The van der Waals surface area contributed by atoms with Crippen LogP contribution < -0.4 is 10.1 Å². The third kappa shape index (κ3) is 3.63. The number of benzene rings is 2. The van der Waals surface area contributed by atoms with E-state index in [0.717, 1.165) is 29.1 Å². The number of hydrogen-bond acceptors (Lipinski definition) is 5. The van der Waals surface area contributed by atoms with Gasteiger partial charge in [-0.2, -0.15) is 0 Å². The Bertz CT molecular complexity index is 802. The predicted octanol–water partition coefficient (Wildman–Crippen LogP) is 3.35. The number of fused-ring (bicyclic) bond motifs is 1. The fourth-order valence-electron chi connectivity index (χ4n) is 2.67. The van der Waals surface area contributed by atoms with Gasteiger partial charge in [-0.05, 0) is 43.9 Å². The lowest BCUT2D eigenvalue weighted by molar-refractivity contribution is 0.311. The molecule has 1 aromatic heterocycles. The van der Waals surface area contributed by atoms with Gasteiger partial charge in [0.05, 0.1) is 30.4 Å². The van der Waals surface area contributed by atoms with Crippen molar-refractivity contribution in [3.63, 3.8) is 0 Å². The molecule has 0 aliphatic carbocycles. The number of anilines is 1. The minimum absolute atomic E-state index is 0.226. The highest BCUT2D eigenvalue weighted by molar-refractivity contribution is 5.75. The number of nitrogens with zero attached hydrogens (tertiary/aromatic N) is 3. The van der Waals surface area contributed by atoms with Crippen LogP contribution in [0, 0.1) is 0 Å². The third-order valence-corrected chi connectivity index (χ3v) is 4.05. The fourth-order valence-corrected chi connectivity index (χ4v) is 2.67. The standard InChI is InChI=1S/C19H22N4O/c1-23(2)18(14-8-10-15(24-3)11-9-14)12-21-19-13-20-16-6-4-5-7-17(16)22-19/h4-11,13,18H,12H2,1-3H3,(H,21,22)/t18-/m1/s1. The molecule has 5 nitrogen and oxygen atoms in total. The lowest BCUT2D eigenvalue weighted by Gasteiger charge is -2.25. The summed E-state index contributed by atoms with van der Waals surface area (Å²) in [5, 5.41) is 3.40. The van der Waals surface area contributed by atoms with Gasteiger partial charge < -0.3 is 15.0 Å².